The smallest absolute Gasteiger partial charge is 0.354 e. The number of hydrogen-bond donors (Lipinski definition) is 1. The number of anilines is 2. The van der Waals surface area contributed by atoms with Crippen LogP contribution in [0.25, 0.3) is 27.7 Å². The van der Waals surface area contributed by atoms with Crippen LogP contribution in [0.3, 0.4) is 0 Å². The number of carbonyl (C=O) groups excluding carboxylic acids is 1. The maximum atomic E-state index is 16.7. The molecule has 2 aromatic heterocycles. The highest BCUT2D eigenvalue weighted by atomic mass is 35.5. The lowest BCUT2D eigenvalue weighted by atomic mass is 9.98. The molecular formula is C31H28Cl2F2N6O3. The van der Waals surface area contributed by atoms with E-state index in [-0.39, 0.29) is 74.3 Å². The Morgan fingerprint density at radius 1 is 1.20 bits per heavy atom. The van der Waals surface area contributed by atoms with Gasteiger partial charge in [-0.25, -0.2) is 13.6 Å². The third-order valence-electron chi connectivity index (χ3n) is 8.12. The first kappa shape index (κ1) is 29.8. The maximum Gasteiger partial charge on any atom is 0.354 e. The standard InChI is InChI=1S/C31H28Cl2F2N6O3/c1-5-21(42)39-8-9-40-16(12-39)13-44-29-23-20(10-17(24(29)34)22-25(35)18(32)11-19(33)26(22)36)41(31(43)38-30(23)40)28-15(4)6-7-37-27(28)14(2)3/h5-7,10-11,14,16H,1,8-9,12-13,36H2,2-4H3/t16-/m1/s1. The van der Waals surface area contributed by atoms with Crippen LogP contribution >= 0.6 is 23.2 Å². The van der Waals surface area contributed by atoms with Crippen molar-refractivity contribution in [1.29, 1.82) is 0 Å². The van der Waals surface area contributed by atoms with Crippen LogP contribution in [0.1, 0.15) is 31.0 Å². The molecule has 0 saturated carbocycles. The van der Waals surface area contributed by atoms with Crippen molar-refractivity contribution in [2.75, 3.05) is 36.9 Å². The number of carbonyl (C=O) groups is 1. The van der Waals surface area contributed by atoms with Crippen LogP contribution < -0.4 is 21.1 Å². The van der Waals surface area contributed by atoms with Gasteiger partial charge in [0, 0.05) is 37.0 Å². The number of aryl methyl sites for hydroxylation is 1. The van der Waals surface area contributed by atoms with Gasteiger partial charge in [-0.05, 0) is 42.7 Å². The zero-order valence-corrected chi connectivity index (χ0v) is 25.6. The molecular weight excluding hydrogens is 613 g/mol. The molecule has 0 unspecified atom stereocenters. The number of piperazine rings is 1. The van der Waals surface area contributed by atoms with Gasteiger partial charge in [0.25, 0.3) is 0 Å². The summed E-state index contributed by atoms with van der Waals surface area (Å²) in [5.41, 5.74) is 6.64. The van der Waals surface area contributed by atoms with E-state index in [0.717, 1.165) is 11.6 Å². The Labute approximate surface area is 261 Å². The van der Waals surface area contributed by atoms with E-state index < -0.39 is 23.4 Å². The first-order valence-electron chi connectivity index (χ1n) is 13.9. The minimum absolute atomic E-state index is 0.0572. The minimum Gasteiger partial charge on any atom is -0.487 e. The second-order valence-electron chi connectivity index (χ2n) is 11.1. The van der Waals surface area contributed by atoms with Crippen LogP contribution in [0.5, 0.6) is 5.75 Å². The number of hydrogen-bond acceptors (Lipinski definition) is 7. The van der Waals surface area contributed by atoms with Crippen LogP contribution in [0.15, 0.2) is 41.8 Å². The van der Waals surface area contributed by atoms with E-state index in [1.54, 1.807) is 17.2 Å². The molecule has 2 aliphatic heterocycles. The Balaban J connectivity index is 1.74. The average Bonchev–Trinajstić information content (AvgIpc) is 3.15. The highest BCUT2D eigenvalue weighted by molar-refractivity contribution is 6.37. The Kier molecular flexibility index (Phi) is 7.49. The molecule has 1 atom stereocenters. The molecule has 2 aliphatic rings. The zero-order valence-electron chi connectivity index (χ0n) is 24.1. The molecule has 228 valence electrons. The van der Waals surface area contributed by atoms with Crippen molar-refractivity contribution in [3.8, 4) is 22.6 Å². The summed E-state index contributed by atoms with van der Waals surface area (Å²) in [6.45, 7) is 10.1. The number of ether oxygens (including phenoxy) is 1. The number of halogens is 4. The van der Waals surface area contributed by atoms with Gasteiger partial charge in [0.2, 0.25) is 5.91 Å². The van der Waals surface area contributed by atoms with E-state index >= 15 is 8.78 Å². The highest BCUT2D eigenvalue weighted by Gasteiger charge is 2.37. The fourth-order valence-electron chi connectivity index (χ4n) is 6.00. The first-order chi connectivity index (χ1) is 20.9. The lowest BCUT2D eigenvalue weighted by Crippen LogP contribution is -2.56. The number of nitrogens with zero attached hydrogens (tertiary/aromatic N) is 5. The molecule has 44 heavy (non-hydrogen) atoms. The predicted molar refractivity (Wildman–Crippen MR) is 167 cm³/mol. The molecule has 1 fully saturated rings. The Morgan fingerprint density at radius 3 is 2.66 bits per heavy atom. The average molecular weight is 642 g/mol. The summed E-state index contributed by atoms with van der Waals surface area (Å²) in [7, 11) is 0. The molecule has 2 aromatic carbocycles. The van der Waals surface area contributed by atoms with Gasteiger partial charge in [0.1, 0.15) is 12.4 Å². The zero-order chi connectivity index (χ0) is 31.6. The van der Waals surface area contributed by atoms with E-state index in [9.17, 15) is 9.59 Å². The van der Waals surface area contributed by atoms with Crippen LogP contribution in [-0.2, 0) is 4.79 Å². The number of rotatable bonds is 4. The second-order valence-corrected chi connectivity index (χ2v) is 11.9. The summed E-state index contributed by atoms with van der Waals surface area (Å²) in [4.78, 5) is 39.0. The van der Waals surface area contributed by atoms with Crippen molar-refractivity contribution in [2.45, 2.75) is 32.7 Å². The summed E-state index contributed by atoms with van der Waals surface area (Å²) >= 11 is 12.4. The summed E-state index contributed by atoms with van der Waals surface area (Å²) in [6, 6.07) is 3.78. The third kappa shape index (κ3) is 4.57. The molecule has 0 radical (unpaired) electrons. The van der Waals surface area contributed by atoms with Crippen molar-refractivity contribution in [3.05, 3.63) is 80.5 Å². The number of nitrogens with two attached hydrogens (primary N) is 1. The third-order valence-corrected chi connectivity index (χ3v) is 8.71. The van der Waals surface area contributed by atoms with E-state index in [1.807, 2.05) is 25.7 Å². The van der Waals surface area contributed by atoms with Crippen molar-refractivity contribution < 1.29 is 18.3 Å². The number of nitrogen functional groups attached to an aromatic ring is 1. The molecule has 6 rings (SSSR count). The molecule has 13 heteroatoms. The first-order valence-corrected chi connectivity index (χ1v) is 14.7. The summed E-state index contributed by atoms with van der Waals surface area (Å²) in [5.74, 6) is -2.32. The Hall–Kier alpha value is -4.22. The van der Waals surface area contributed by atoms with E-state index in [4.69, 9.17) is 33.7 Å². The predicted octanol–water partition coefficient (Wildman–Crippen LogP) is 5.64. The molecule has 9 nitrogen and oxygen atoms in total. The number of aromatic nitrogens is 3. The van der Waals surface area contributed by atoms with Gasteiger partial charge < -0.3 is 20.3 Å². The number of pyridine rings is 1. The lowest BCUT2D eigenvalue weighted by molar-refractivity contribution is -0.126. The number of benzene rings is 2. The molecule has 4 heterocycles. The summed E-state index contributed by atoms with van der Waals surface area (Å²) in [5, 5.41) is -0.214. The highest BCUT2D eigenvalue weighted by Crippen LogP contribution is 2.47. The molecule has 0 spiro atoms. The van der Waals surface area contributed by atoms with Gasteiger partial charge in [-0.15, -0.1) is 0 Å². The van der Waals surface area contributed by atoms with Gasteiger partial charge in [0.05, 0.1) is 44.1 Å². The van der Waals surface area contributed by atoms with E-state index in [0.29, 0.717) is 24.5 Å². The van der Waals surface area contributed by atoms with Crippen molar-refractivity contribution in [1.82, 2.24) is 19.4 Å². The Morgan fingerprint density at radius 2 is 1.95 bits per heavy atom. The molecule has 4 aromatic rings. The molecule has 2 N–H and O–H groups in total. The van der Waals surface area contributed by atoms with Crippen LogP contribution in [0.2, 0.25) is 10.0 Å². The largest absolute Gasteiger partial charge is 0.487 e. The molecule has 0 bridgehead atoms. The van der Waals surface area contributed by atoms with E-state index in [1.165, 1.54) is 16.7 Å². The fourth-order valence-corrected chi connectivity index (χ4v) is 6.46. The monoisotopic (exact) mass is 640 g/mol. The van der Waals surface area contributed by atoms with Crippen LogP contribution in [-0.4, -0.2) is 57.6 Å². The topological polar surface area (TPSA) is 107 Å². The van der Waals surface area contributed by atoms with Gasteiger partial charge in [-0.1, -0.05) is 43.6 Å². The summed E-state index contributed by atoms with van der Waals surface area (Å²) in [6.07, 6.45) is 2.87. The van der Waals surface area contributed by atoms with Crippen LogP contribution in [0, 0.1) is 18.6 Å². The minimum atomic E-state index is -0.979. The normalized spacial score (nSPS) is 16.1. The second kappa shape index (κ2) is 11.0. The number of fused-ring (bicyclic) bond motifs is 2. The van der Waals surface area contributed by atoms with Crippen molar-refractivity contribution in [3.63, 3.8) is 0 Å². The quantitative estimate of drug-likeness (QED) is 0.175. The van der Waals surface area contributed by atoms with Gasteiger partial charge in [-0.2, -0.15) is 4.98 Å². The summed E-state index contributed by atoms with van der Waals surface area (Å²) < 4.78 is 39.8. The SMILES string of the molecule is C=CC(=O)N1CCN2c3nc(=O)n(-c4c(C)ccnc4C(C)C)c4cc(-c5c(N)c(Cl)cc(Cl)c5F)c(F)c(c34)OC[C@H]2C1. The molecule has 1 saturated heterocycles. The number of amides is 1. The van der Waals surface area contributed by atoms with Crippen LogP contribution in [0.4, 0.5) is 20.3 Å². The fraction of sp³-hybridized carbons (Fsp3) is 0.290. The van der Waals surface area contributed by atoms with E-state index in [2.05, 4.69) is 16.5 Å². The van der Waals surface area contributed by atoms with Crippen molar-refractivity contribution in [2.24, 2.45) is 0 Å². The Bertz CT molecular complexity index is 1920. The molecule has 0 aliphatic carbocycles. The van der Waals surface area contributed by atoms with Gasteiger partial charge in [-0.3, -0.25) is 14.3 Å². The lowest BCUT2D eigenvalue weighted by Gasteiger charge is -2.40. The van der Waals surface area contributed by atoms with Crippen molar-refractivity contribution >= 4 is 51.5 Å². The van der Waals surface area contributed by atoms with Gasteiger partial charge >= 0.3 is 5.69 Å². The van der Waals surface area contributed by atoms with Gasteiger partial charge in [0.15, 0.2) is 17.4 Å². The molecule has 1 amide bonds. The maximum absolute atomic E-state index is 16.7.